The summed E-state index contributed by atoms with van der Waals surface area (Å²) in [6.45, 7) is 0. The third-order valence-corrected chi connectivity index (χ3v) is 3.16. The molecule has 1 aromatic carbocycles. The summed E-state index contributed by atoms with van der Waals surface area (Å²) in [5.74, 6) is 0. The van der Waals surface area contributed by atoms with Crippen molar-refractivity contribution in [2.75, 3.05) is 0 Å². The second-order valence-electron chi connectivity index (χ2n) is 2.62. The Morgan fingerprint density at radius 1 is 1.27 bits per heavy atom. The molecule has 0 saturated carbocycles. The zero-order valence-electron chi connectivity index (χ0n) is 7.25. The van der Waals surface area contributed by atoms with Gasteiger partial charge in [-0.3, -0.25) is 0 Å². The molecule has 1 atom stereocenters. The van der Waals surface area contributed by atoms with Gasteiger partial charge in [-0.2, -0.15) is 18.4 Å². The lowest BCUT2D eigenvalue weighted by molar-refractivity contribution is -0.118. The van der Waals surface area contributed by atoms with Crippen LogP contribution in [-0.4, -0.2) is 11.4 Å². The van der Waals surface area contributed by atoms with Crippen molar-refractivity contribution in [2.24, 2.45) is 0 Å². The minimum Gasteiger partial charge on any atom is -0.197 e. The molecule has 0 aliphatic carbocycles. The normalized spacial score (nSPS) is 13.3. The van der Waals surface area contributed by atoms with Gasteiger partial charge in [0, 0.05) is 9.37 Å². The van der Waals surface area contributed by atoms with Gasteiger partial charge in [0.25, 0.3) is 0 Å². The zero-order valence-corrected chi connectivity index (χ0v) is 9.66. The molecular weight excluding hydrogens is 291 g/mol. The summed E-state index contributed by atoms with van der Waals surface area (Å²) in [6.07, 6.45) is -4.49. The molecule has 0 amide bonds. The molecule has 0 bridgehead atoms. The number of hydrogen-bond acceptors (Lipinski definition) is 2. The number of halogens is 4. The molecule has 0 aliphatic rings. The van der Waals surface area contributed by atoms with E-state index in [2.05, 4.69) is 15.9 Å². The van der Waals surface area contributed by atoms with Crippen molar-refractivity contribution in [2.45, 2.75) is 16.3 Å². The summed E-state index contributed by atoms with van der Waals surface area (Å²) >= 11 is 3.67. The smallest absolute Gasteiger partial charge is 0.197 e. The van der Waals surface area contributed by atoms with Crippen LogP contribution in [0.25, 0.3) is 0 Å². The Morgan fingerprint density at radius 3 is 2.20 bits per heavy atom. The summed E-state index contributed by atoms with van der Waals surface area (Å²) in [7, 11) is 0. The summed E-state index contributed by atoms with van der Waals surface area (Å²) in [4.78, 5) is 0.419. The predicted molar refractivity (Wildman–Crippen MR) is 55.5 cm³/mol. The van der Waals surface area contributed by atoms with Crippen molar-refractivity contribution in [1.29, 1.82) is 5.26 Å². The second kappa shape index (κ2) is 4.90. The summed E-state index contributed by atoms with van der Waals surface area (Å²) in [5.41, 5.74) is 0. The van der Waals surface area contributed by atoms with E-state index >= 15 is 0 Å². The van der Waals surface area contributed by atoms with E-state index < -0.39 is 11.4 Å². The lowest BCUT2D eigenvalue weighted by Crippen LogP contribution is -2.23. The van der Waals surface area contributed by atoms with E-state index in [1.165, 1.54) is 18.2 Å². The van der Waals surface area contributed by atoms with Crippen molar-refractivity contribution in [1.82, 2.24) is 0 Å². The summed E-state index contributed by atoms with van der Waals surface area (Å²) in [6, 6.07) is 7.56. The summed E-state index contributed by atoms with van der Waals surface area (Å²) < 4.78 is 37.5. The molecule has 1 nitrogen and oxygen atoms in total. The number of thioether (sulfide) groups is 1. The molecule has 15 heavy (non-hydrogen) atoms. The first-order valence-corrected chi connectivity index (χ1v) is 5.49. The third kappa shape index (κ3) is 3.76. The lowest BCUT2D eigenvalue weighted by atomic mass is 10.4. The summed E-state index contributed by atoms with van der Waals surface area (Å²) in [5, 5.41) is 6.36. The van der Waals surface area contributed by atoms with Crippen molar-refractivity contribution < 1.29 is 13.2 Å². The van der Waals surface area contributed by atoms with Crippen LogP contribution in [0.5, 0.6) is 0 Å². The molecule has 0 saturated heterocycles. The second-order valence-corrected chi connectivity index (χ2v) is 4.72. The first-order chi connectivity index (χ1) is 6.93. The maximum atomic E-state index is 12.2. The molecule has 6 heteroatoms. The Balaban J connectivity index is 2.77. The molecule has 0 N–H and O–H groups in total. The van der Waals surface area contributed by atoms with Gasteiger partial charge in [-0.05, 0) is 24.3 Å². The maximum Gasteiger partial charge on any atom is 0.413 e. The van der Waals surface area contributed by atoms with E-state index in [9.17, 15) is 13.2 Å². The molecule has 0 radical (unpaired) electrons. The highest BCUT2D eigenvalue weighted by Gasteiger charge is 2.40. The topological polar surface area (TPSA) is 23.8 Å². The quantitative estimate of drug-likeness (QED) is 0.770. The lowest BCUT2D eigenvalue weighted by Gasteiger charge is -2.12. The van der Waals surface area contributed by atoms with E-state index in [0.717, 1.165) is 4.47 Å². The predicted octanol–water partition coefficient (Wildman–Crippen LogP) is 4.00. The first-order valence-electron chi connectivity index (χ1n) is 3.82. The van der Waals surface area contributed by atoms with E-state index in [1.54, 1.807) is 12.1 Å². The zero-order chi connectivity index (χ0) is 11.5. The van der Waals surface area contributed by atoms with Crippen LogP contribution >= 0.6 is 27.7 Å². The van der Waals surface area contributed by atoms with Crippen LogP contribution in [0.3, 0.4) is 0 Å². The molecule has 0 heterocycles. The number of nitriles is 1. The van der Waals surface area contributed by atoms with Gasteiger partial charge in [-0.1, -0.05) is 27.7 Å². The van der Waals surface area contributed by atoms with Crippen LogP contribution in [0.2, 0.25) is 0 Å². The van der Waals surface area contributed by atoms with Crippen LogP contribution in [-0.2, 0) is 0 Å². The average molecular weight is 296 g/mol. The van der Waals surface area contributed by atoms with Gasteiger partial charge in [0.2, 0.25) is 0 Å². The van der Waals surface area contributed by atoms with Crippen LogP contribution in [0, 0.1) is 11.3 Å². The Labute approximate surface area is 97.4 Å². The first kappa shape index (κ1) is 12.4. The van der Waals surface area contributed by atoms with Crippen LogP contribution < -0.4 is 0 Å². The third-order valence-electron chi connectivity index (χ3n) is 1.48. The van der Waals surface area contributed by atoms with Crippen molar-refractivity contribution in [3.05, 3.63) is 28.7 Å². The molecule has 0 spiro atoms. The fourth-order valence-corrected chi connectivity index (χ4v) is 1.83. The Hall–Kier alpha value is -0.670. The highest BCUT2D eigenvalue weighted by molar-refractivity contribution is 9.10. The number of rotatable bonds is 2. The van der Waals surface area contributed by atoms with Gasteiger partial charge in [-0.15, -0.1) is 0 Å². The molecule has 1 unspecified atom stereocenters. The van der Waals surface area contributed by atoms with Crippen molar-refractivity contribution >= 4 is 27.7 Å². The highest BCUT2D eigenvalue weighted by atomic mass is 79.9. The van der Waals surface area contributed by atoms with Gasteiger partial charge in [-0.25, -0.2) is 0 Å². The van der Waals surface area contributed by atoms with Crippen molar-refractivity contribution in [3.63, 3.8) is 0 Å². The fourth-order valence-electron chi connectivity index (χ4n) is 0.816. The minimum atomic E-state index is -4.49. The monoisotopic (exact) mass is 295 g/mol. The number of nitrogens with zero attached hydrogens (tertiary/aromatic N) is 1. The highest BCUT2D eigenvalue weighted by Crippen LogP contribution is 2.34. The van der Waals surface area contributed by atoms with E-state index in [4.69, 9.17) is 5.26 Å². The molecule has 0 fully saturated rings. The Bertz CT molecular complexity index is 368. The molecule has 1 rings (SSSR count). The van der Waals surface area contributed by atoms with Gasteiger partial charge in [0.15, 0.2) is 5.25 Å². The maximum absolute atomic E-state index is 12.2. The number of benzene rings is 1. The van der Waals surface area contributed by atoms with E-state index in [0.29, 0.717) is 16.7 Å². The van der Waals surface area contributed by atoms with Gasteiger partial charge >= 0.3 is 6.18 Å². The average Bonchev–Trinajstić information content (AvgIpc) is 2.15. The molecule has 0 aliphatic heterocycles. The van der Waals surface area contributed by atoms with E-state index in [1.807, 2.05) is 0 Å². The van der Waals surface area contributed by atoms with Crippen LogP contribution in [0.4, 0.5) is 13.2 Å². The standard InChI is InChI=1S/C9H5BrF3NS/c10-6-1-3-7(4-2-6)15-8(5-14)9(11,12)13/h1-4,8H. The Morgan fingerprint density at radius 2 is 1.80 bits per heavy atom. The number of hydrogen-bond donors (Lipinski definition) is 0. The largest absolute Gasteiger partial charge is 0.413 e. The Kier molecular flexibility index (Phi) is 4.05. The van der Waals surface area contributed by atoms with E-state index in [-0.39, 0.29) is 0 Å². The van der Waals surface area contributed by atoms with Crippen LogP contribution in [0.1, 0.15) is 0 Å². The van der Waals surface area contributed by atoms with Crippen molar-refractivity contribution in [3.8, 4) is 6.07 Å². The van der Waals surface area contributed by atoms with Gasteiger partial charge in [0.1, 0.15) is 0 Å². The fraction of sp³-hybridized carbons (Fsp3) is 0.222. The minimum absolute atomic E-state index is 0.419. The SMILES string of the molecule is N#CC(Sc1ccc(Br)cc1)C(F)(F)F. The van der Waals surface area contributed by atoms with Gasteiger partial charge < -0.3 is 0 Å². The van der Waals surface area contributed by atoms with Crippen LogP contribution in [0.15, 0.2) is 33.6 Å². The molecule has 80 valence electrons. The molecular formula is C9H5BrF3NS. The van der Waals surface area contributed by atoms with Gasteiger partial charge in [0.05, 0.1) is 6.07 Å². The molecule has 1 aromatic rings. The number of alkyl halides is 3. The molecule has 0 aromatic heterocycles.